The Morgan fingerprint density at radius 1 is 1.30 bits per heavy atom. The topological polar surface area (TPSA) is 52.7 Å². The summed E-state index contributed by atoms with van der Waals surface area (Å²) in [5.41, 5.74) is 0. The Hall–Kier alpha value is -0.940. The van der Waals surface area contributed by atoms with Gasteiger partial charge in [-0.25, -0.2) is 0 Å². The first-order valence-corrected chi connectivity index (χ1v) is 7.95. The van der Waals surface area contributed by atoms with Gasteiger partial charge in [-0.2, -0.15) is 0 Å². The highest BCUT2D eigenvalue weighted by molar-refractivity contribution is 6.05. The van der Waals surface area contributed by atoms with Crippen LogP contribution in [0, 0.1) is 0 Å². The summed E-state index contributed by atoms with van der Waals surface area (Å²) in [4.78, 5) is 27.4. The van der Waals surface area contributed by atoms with Crippen LogP contribution in [0.4, 0.5) is 0 Å². The smallest absolute Gasteiger partial charge is 0.246 e. The predicted octanol–water partition coefficient (Wildman–Crippen LogP) is 0.988. The van der Waals surface area contributed by atoms with Gasteiger partial charge in [0.2, 0.25) is 11.8 Å². The minimum Gasteiger partial charge on any atom is -0.305 e. The first kappa shape index (κ1) is 15.4. The summed E-state index contributed by atoms with van der Waals surface area (Å²) in [5, 5.41) is 3.24. The van der Waals surface area contributed by atoms with E-state index >= 15 is 0 Å². The molecule has 0 spiro atoms. The molecule has 0 aliphatic carbocycles. The highest BCUT2D eigenvalue weighted by Gasteiger charge is 2.36. The molecule has 0 aromatic carbocycles. The number of likely N-dealkylation sites (tertiary alicyclic amines) is 2. The Balaban J connectivity index is 1.66. The first-order valence-electron chi connectivity index (χ1n) is 7.95. The number of likely N-dealkylation sites (N-methyl/N-ethyl adjacent to an activating group) is 1. The van der Waals surface area contributed by atoms with Crippen LogP contribution >= 0.6 is 0 Å². The van der Waals surface area contributed by atoms with Crippen LogP contribution in [0.5, 0.6) is 0 Å². The molecule has 2 amide bonds. The van der Waals surface area contributed by atoms with Gasteiger partial charge in [-0.15, -0.1) is 0 Å². The van der Waals surface area contributed by atoms with E-state index in [1.54, 1.807) is 0 Å². The van der Waals surface area contributed by atoms with Crippen molar-refractivity contribution in [3.8, 4) is 0 Å². The van der Waals surface area contributed by atoms with Gasteiger partial charge in [0, 0.05) is 12.6 Å². The Morgan fingerprint density at radius 3 is 2.75 bits per heavy atom. The molecule has 2 atom stereocenters. The predicted molar refractivity (Wildman–Crippen MR) is 78.3 cm³/mol. The van der Waals surface area contributed by atoms with Crippen molar-refractivity contribution in [2.75, 3.05) is 26.2 Å². The fraction of sp³-hybridized carbons (Fsp3) is 0.867. The van der Waals surface area contributed by atoms with Crippen LogP contribution in [0.15, 0.2) is 0 Å². The summed E-state index contributed by atoms with van der Waals surface area (Å²) in [7, 11) is 0. The Bertz CT molecular complexity index is 359. The molecule has 2 aliphatic heterocycles. The molecular formula is C15H27N3O2. The lowest BCUT2D eigenvalue weighted by atomic mass is 10.0. The number of hydrogen-bond acceptors (Lipinski definition) is 4. The minimum atomic E-state index is -0.291. The maximum Gasteiger partial charge on any atom is 0.246 e. The molecule has 1 N–H and O–H groups in total. The van der Waals surface area contributed by atoms with Gasteiger partial charge < -0.3 is 10.2 Å². The minimum absolute atomic E-state index is 0.0420. The van der Waals surface area contributed by atoms with Crippen molar-refractivity contribution in [3.63, 3.8) is 0 Å². The molecule has 2 saturated heterocycles. The third-order valence-electron chi connectivity index (χ3n) is 4.51. The standard InChI is InChI=1S/C15H27N3O2/c1-3-18-14(19)11-13(15(18)20)16-8-6-10-17-9-5-4-7-12(17)2/h12-13,16H,3-11H2,1-2H3. The van der Waals surface area contributed by atoms with Crippen LogP contribution in [-0.4, -0.2) is 59.9 Å². The fourth-order valence-corrected chi connectivity index (χ4v) is 3.22. The number of rotatable bonds is 6. The SMILES string of the molecule is CCN1C(=O)CC(NCCCN2CCCCC2C)C1=O. The lowest BCUT2D eigenvalue weighted by Gasteiger charge is -2.33. The largest absolute Gasteiger partial charge is 0.305 e. The van der Waals surface area contributed by atoms with E-state index in [1.807, 2.05) is 6.92 Å². The molecule has 114 valence electrons. The summed E-state index contributed by atoms with van der Waals surface area (Å²) in [6.07, 6.45) is 5.32. The molecule has 2 fully saturated rings. The number of amides is 2. The highest BCUT2D eigenvalue weighted by Crippen LogP contribution is 2.16. The second kappa shape index (κ2) is 7.18. The molecule has 0 aromatic heterocycles. The summed E-state index contributed by atoms with van der Waals surface area (Å²) < 4.78 is 0. The van der Waals surface area contributed by atoms with E-state index in [0.29, 0.717) is 19.0 Å². The number of imide groups is 1. The normalized spacial score (nSPS) is 28.4. The molecule has 0 bridgehead atoms. The van der Waals surface area contributed by atoms with Gasteiger partial charge in [-0.1, -0.05) is 6.42 Å². The average Bonchev–Trinajstić information content (AvgIpc) is 2.71. The van der Waals surface area contributed by atoms with Gasteiger partial charge in [-0.3, -0.25) is 14.5 Å². The first-order chi connectivity index (χ1) is 9.63. The third kappa shape index (κ3) is 3.58. The van der Waals surface area contributed by atoms with Crippen molar-refractivity contribution in [3.05, 3.63) is 0 Å². The molecule has 2 unspecified atom stereocenters. The van der Waals surface area contributed by atoms with Gasteiger partial charge in [-0.05, 0) is 52.7 Å². The van der Waals surface area contributed by atoms with Crippen molar-refractivity contribution in [2.24, 2.45) is 0 Å². The van der Waals surface area contributed by atoms with E-state index in [1.165, 1.54) is 30.7 Å². The van der Waals surface area contributed by atoms with E-state index in [4.69, 9.17) is 0 Å². The van der Waals surface area contributed by atoms with E-state index in [0.717, 1.165) is 19.5 Å². The molecule has 2 aliphatic rings. The molecular weight excluding hydrogens is 254 g/mol. The van der Waals surface area contributed by atoms with Crippen LogP contribution in [-0.2, 0) is 9.59 Å². The monoisotopic (exact) mass is 281 g/mol. The molecule has 2 rings (SSSR count). The number of piperidine rings is 1. The summed E-state index contributed by atoms with van der Waals surface area (Å²) in [6, 6.07) is 0.398. The second-order valence-electron chi connectivity index (χ2n) is 5.92. The number of hydrogen-bond donors (Lipinski definition) is 1. The molecule has 5 nitrogen and oxygen atoms in total. The molecule has 2 heterocycles. The van der Waals surface area contributed by atoms with Crippen molar-refractivity contribution in [1.29, 1.82) is 0 Å². The number of carbonyl (C=O) groups is 2. The zero-order chi connectivity index (χ0) is 14.5. The fourth-order valence-electron chi connectivity index (χ4n) is 3.22. The van der Waals surface area contributed by atoms with E-state index in [2.05, 4.69) is 17.1 Å². The zero-order valence-electron chi connectivity index (χ0n) is 12.7. The molecule has 0 saturated carbocycles. The quantitative estimate of drug-likeness (QED) is 0.583. The molecule has 0 aromatic rings. The number of nitrogens with zero attached hydrogens (tertiary/aromatic N) is 2. The van der Waals surface area contributed by atoms with Crippen molar-refractivity contribution < 1.29 is 9.59 Å². The Morgan fingerprint density at radius 2 is 2.10 bits per heavy atom. The van der Waals surface area contributed by atoms with Crippen molar-refractivity contribution >= 4 is 11.8 Å². The van der Waals surface area contributed by atoms with Gasteiger partial charge in [0.15, 0.2) is 0 Å². The number of carbonyl (C=O) groups excluding carboxylic acids is 2. The molecule has 0 radical (unpaired) electrons. The van der Waals surface area contributed by atoms with Crippen LogP contribution < -0.4 is 5.32 Å². The Labute approximate surface area is 121 Å². The maximum absolute atomic E-state index is 11.9. The van der Waals surface area contributed by atoms with Crippen molar-refractivity contribution in [2.45, 2.75) is 58.0 Å². The average molecular weight is 281 g/mol. The van der Waals surface area contributed by atoms with Gasteiger partial charge in [0.05, 0.1) is 12.5 Å². The van der Waals surface area contributed by atoms with Crippen LogP contribution in [0.3, 0.4) is 0 Å². The maximum atomic E-state index is 11.9. The number of nitrogens with one attached hydrogen (secondary N) is 1. The van der Waals surface area contributed by atoms with E-state index < -0.39 is 0 Å². The Kier molecular flexibility index (Phi) is 5.54. The third-order valence-corrected chi connectivity index (χ3v) is 4.51. The zero-order valence-corrected chi connectivity index (χ0v) is 12.7. The van der Waals surface area contributed by atoms with Gasteiger partial charge in [0.25, 0.3) is 0 Å². The van der Waals surface area contributed by atoms with Crippen molar-refractivity contribution in [1.82, 2.24) is 15.1 Å². The van der Waals surface area contributed by atoms with Crippen LogP contribution in [0.25, 0.3) is 0 Å². The van der Waals surface area contributed by atoms with Crippen LogP contribution in [0.2, 0.25) is 0 Å². The van der Waals surface area contributed by atoms with E-state index in [9.17, 15) is 9.59 Å². The van der Waals surface area contributed by atoms with E-state index in [-0.39, 0.29) is 17.9 Å². The lowest BCUT2D eigenvalue weighted by Crippen LogP contribution is -2.41. The summed E-state index contributed by atoms with van der Waals surface area (Å²) in [5.74, 6) is -0.0940. The summed E-state index contributed by atoms with van der Waals surface area (Å²) >= 11 is 0. The van der Waals surface area contributed by atoms with Gasteiger partial charge >= 0.3 is 0 Å². The summed E-state index contributed by atoms with van der Waals surface area (Å²) in [6.45, 7) is 7.72. The lowest BCUT2D eigenvalue weighted by molar-refractivity contribution is -0.138. The van der Waals surface area contributed by atoms with Gasteiger partial charge in [0.1, 0.15) is 0 Å². The second-order valence-corrected chi connectivity index (χ2v) is 5.92. The molecule has 20 heavy (non-hydrogen) atoms. The highest BCUT2D eigenvalue weighted by atomic mass is 16.2. The van der Waals surface area contributed by atoms with Crippen LogP contribution in [0.1, 0.15) is 46.0 Å². The molecule has 5 heteroatoms.